The first-order chi connectivity index (χ1) is 9.08. The topological polar surface area (TPSA) is 57.6 Å². The first kappa shape index (κ1) is 15.5. The van der Waals surface area contributed by atoms with Crippen molar-refractivity contribution in [3.63, 3.8) is 0 Å². The highest BCUT2D eigenvalue weighted by Crippen LogP contribution is 2.25. The van der Waals surface area contributed by atoms with Crippen LogP contribution in [0.3, 0.4) is 0 Å². The normalized spacial score (nSPS) is 9.89. The molecule has 1 N–H and O–H groups in total. The molecule has 1 amide bonds. The van der Waals surface area contributed by atoms with E-state index in [4.69, 9.17) is 5.11 Å². The first-order valence-corrected chi connectivity index (χ1v) is 7.39. The lowest BCUT2D eigenvalue weighted by atomic mass is 10.4. The number of thioether (sulfide) groups is 1. The smallest absolute Gasteiger partial charge is 0.345 e. The lowest BCUT2D eigenvalue weighted by Gasteiger charge is -2.18. The van der Waals surface area contributed by atoms with E-state index >= 15 is 0 Å². The second-order valence-corrected chi connectivity index (χ2v) is 5.58. The minimum Gasteiger partial charge on any atom is -0.477 e. The Morgan fingerprint density at radius 1 is 1.37 bits per heavy atom. The number of carbonyl (C=O) groups excluding carboxylic acids is 1. The highest BCUT2D eigenvalue weighted by atomic mass is 32.2. The van der Waals surface area contributed by atoms with Crippen LogP contribution in [0.1, 0.15) is 9.67 Å². The minimum absolute atomic E-state index is 0.0205. The first-order valence-electron chi connectivity index (χ1n) is 5.52. The molecule has 1 aromatic heterocycles. The van der Waals surface area contributed by atoms with Crippen LogP contribution >= 0.6 is 23.1 Å². The molecule has 102 valence electrons. The number of hydrogen-bond donors (Lipinski definition) is 1. The van der Waals surface area contributed by atoms with Crippen molar-refractivity contribution in [2.75, 3.05) is 18.8 Å². The van der Waals surface area contributed by atoms with Crippen LogP contribution < -0.4 is 0 Å². The van der Waals surface area contributed by atoms with Crippen LogP contribution in [-0.2, 0) is 4.79 Å². The zero-order valence-electron chi connectivity index (χ0n) is 10.4. The third-order valence-electron chi connectivity index (χ3n) is 2.20. The molecular weight excluding hydrogens is 282 g/mol. The van der Waals surface area contributed by atoms with Gasteiger partial charge in [-0.15, -0.1) is 36.3 Å². The van der Waals surface area contributed by atoms with Gasteiger partial charge in [-0.1, -0.05) is 12.2 Å². The summed E-state index contributed by atoms with van der Waals surface area (Å²) in [7, 11) is 0. The highest BCUT2D eigenvalue weighted by molar-refractivity contribution is 8.00. The van der Waals surface area contributed by atoms with E-state index in [1.807, 2.05) is 0 Å². The van der Waals surface area contributed by atoms with Gasteiger partial charge in [-0.3, -0.25) is 4.79 Å². The molecule has 0 saturated heterocycles. The summed E-state index contributed by atoms with van der Waals surface area (Å²) in [6, 6.07) is 1.58. The monoisotopic (exact) mass is 297 g/mol. The second kappa shape index (κ2) is 7.81. The molecule has 0 aromatic carbocycles. The van der Waals surface area contributed by atoms with Crippen LogP contribution in [0.25, 0.3) is 0 Å². The van der Waals surface area contributed by atoms with Crippen molar-refractivity contribution in [1.29, 1.82) is 0 Å². The number of aromatic carboxylic acids is 1. The number of nitrogens with zero attached hydrogens (tertiary/aromatic N) is 1. The molecule has 0 atom stereocenters. The fraction of sp³-hybridized carbons (Fsp3) is 0.231. The average molecular weight is 297 g/mol. The standard InChI is InChI=1S/C13H15NO3S2/c1-3-5-14(6-4-2)12(15)9-18-10-7-11(13(16)17)19-8-10/h3-4,7-8H,1-2,5-6,9H2,(H,16,17). The number of thiophene rings is 1. The quantitative estimate of drug-likeness (QED) is 0.592. The summed E-state index contributed by atoms with van der Waals surface area (Å²) in [5, 5.41) is 10.6. The molecule has 0 aliphatic rings. The fourth-order valence-corrected chi connectivity index (χ4v) is 3.10. The van der Waals surface area contributed by atoms with Crippen molar-refractivity contribution in [3.05, 3.63) is 41.6 Å². The van der Waals surface area contributed by atoms with Gasteiger partial charge < -0.3 is 10.0 Å². The Labute approximate surface area is 120 Å². The summed E-state index contributed by atoms with van der Waals surface area (Å²) < 4.78 is 0. The predicted molar refractivity (Wildman–Crippen MR) is 79.0 cm³/mol. The average Bonchev–Trinajstić information content (AvgIpc) is 2.84. The van der Waals surface area contributed by atoms with Crippen LogP contribution in [0.5, 0.6) is 0 Å². The third kappa shape index (κ3) is 4.92. The van der Waals surface area contributed by atoms with Crippen LogP contribution in [0, 0.1) is 0 Å². The summed E-state index contributed by atoms with van der Waals surface area (Å²) >= 11 is 2.49. The van der Waals surface area contributed by atoms with Gasteiger partial charge in [0.25, 0.3) is 0 Å². The lowest BCUT2D eigenvalue weighted by Crippen LogP contribution is -2.32. The number of carbonyl (C=O) groups is 2. The van der Waals surface area contributed by atoms with Gasteiger partial charge in [0.1, 0.15) is 4.88 Å². The van der Waals surface area contributed by atoms with Gasteiger partial charge in [0.2, 0.25) is 5.91 Å². The van der Waals surface area contributed by atoms with Crippen LogP contribution in [-0.4, -0.2) is 40.7 Å². The molecule has 1 aromatic rings. The van der Waals surface area contributed by atoms with Crippen LogP contribution in [0.4, 0.5) is 0 Å². The fourth-order valence-electron chi connectivity index (χ4n) is 1.33. The summed E-state index contributed by atoms with van der Waals surface area (Å²) in [4.78, 5) is 25.4. The van der Waals surface area contributed by atoms with Crippen LogP contribution in [0.2, 0.25) is 0 Å². The van der Waals surface area contributed by atoms with Crippen molar-refractivity contribution in [2.45, 2.75) is 4.90 Å². The Bertz CT molecular complexity index is 472. The second-order valence-electron chi connectivity index (χ2n) is 3.62. The van der Waals surface area contributed by atoms with Gasteiger partial charge in [0, 0.05) is 23.4 Å². The largest absolute Gasteiger partial charge is 0.477 e. The molecule has 19 heavy (non-hydrogen) atoms. The Hall–Kier alpha value is -1.53. The molecule has 0 fully saturated rings. The summed E-state index contributed by atoms with van der Waals surface area (Å²) in [6.07, 6.45) is 3.33. The summed E-state index contributed by atoms with van der Waals surface area (Å²) in [6.45, 7) is 8.18. The number of carboxylic acids is 1. The van der Waals surface area contributed by atoms with E-state index in [1.165, 1.54) is 11.8 Å². The van der Waals surface area contributed by atoms with Crippen molar-refractivity contribution >= 4 is 35.0 Å². The molecule has 0 saturated carbocycles. The molecule has 6 heteroatoms. The van der Waals surface area contributed by atoms with Gasteiger partial charge in [-0.25, -0.2) is 4.79 Å². The van der Waals surface area contributed by atoms with Crippen molar-refractivity contribution < 1.29 is 14.7 Å². The van der Waals surface area contributed by atoms with Crippen molar-refractivity contribution in [1.82, 2.24) is 4.90 Å². The zero-order chi connectivity index (χ0) is 14.3. The summed E-state index contributed by atoms with van der Waals surface area (Å²) in [5.41, 5.74) is 0. The number of carboxylic acid groups (broad SMARTS) is 1. The van der Waals surface area contributed by atoms with Gasteiger partial charge in [-0.2, -0.15) is 0 Å². The molecule has 0 bridgehead atoms. The van der Waals surface area contributed by atoms with E-state index < -0.39 is 5.97 Å². The Morgan fingerprint density at radius 2 is 2.00 bits per heavy atom. The third-order valence-corrected chi connectivity index (χ3v) is 4.23. The minimum atomic E-state index is -0.942. The Balaban J connectivity index is 2.53. The molecule has 0 unspecified atom stereocenters. The molecule has 0 aliphatic carbocycles. The van der Waals surface area contributed by atoms with Crippen LogP contribution in [0.15, 0.2) is 41.7 Å². The van der Waals surface area contributed by atoms with E-state index in [0.29, 0.717) is 13.1 Å². The molecule has 4 nitrogen and oxygen atoms in total. The van der Waals surface area contributed by atoms with Crippen molar-refractivity contribution in [2.24, 2.45) is 0 Å². The maximum atomic E-state index is 11.9. The number of rotatable bonds is 8. The number of amides is 1. The van der Waals surface area contributed by atoms with Gasteiger partial charge in [0.15, 0.2) is 0 Å². The van der Waals surface area contributed by atoms with E-state index in [9.17, 15) is 9.59 Å². The molecular formula is C13H15NO3S2. The molecule has 1 heterocycles. The number of hydrogen-bond acceptors (Lipinski definition) is 4. The molecule has 0 spiro atoms. The predicted octanol–water partition coefficient (Wildman–Crippen LogP) is 2.74. The van der Waals surface area contributed by atoms with E-state index in [1.54, 1.807) is 28.5 Å². The van der Waals surface area contributed by atoms with E-state index in [0.717, 1.165) is 16.2 Å². The zero-order valence-corrected chi connectivity index (χ0v) is 12.0. The SMILES string of the molecule is C=CCN(CC=C)C(=O)CSc1csc(C(=O)O)c1. The lowest BCUT2D eigenvalue weighted by molar-refractivity contribution is -0.127. The highest BCUT2D eigenvalue weighted by Gasteiger charge is 2.12. The van der Waals surface area contributed by atoms with Crippen molar-refractivity contribution in [3.8, 4) is 0 Å². The summed E-state index contributed by atoms with van der Waals surface area (Å²) in [5.74, 6) is -0.687. The maximum Gasteiger partial charge on any atom is 0.345 e. The van der Waals surface area contributed by atoms with Gasteiger partial charge in [0.05, 0.1) is 5.75 Å². The molecule has 1 rings (SSSR count). The maximum absolute atomic E-state index is 11.9. The van der Waals surface area contributed by atoms with Gasteiger partial charge in [-0.05, 0) is 6.07 Å². The molecule has 0 aliphatic heterocycles. The Kier molecular flexibility index (Phi) is 6.38. The van der Waals surface area contributed by atoms with Gasteiger partial charge >= 0.3 is 5.97 Å². The molecule has 0 radical (unpaired) electrons. The Morgan fingerprint density at radius 3 is 2.47 bits per heavy atom. The van der Waals surface area contributed by atoms with E-state index in [2.05, 4.69) is 13.2 Å². The van der Waals surface area contributed by atoms with E-state index in [-0.39, 0.29) is 16.5 Å².